The molecule has 2 rings (SSSR count). The van der Waals surface area contributed by atoms with E-state index in [0.29, 0.717) is 13.1 Å². The van der Waals surface area contributed by atoms with Gasteiger partial charge in [-0.1, -0.05) is 38.8 Å². The topological polar surface area (TPSA) is 76.8 Å². The Bertz CT molecular complexity index is 844. The number of carbonyl (C=O) groups excluding carboxylic acids is 1. The van der Waals surface area contributed by atoms with Crippen molar-refractivity contribution in [3.8, 4) is 5.75 Å². The highest BCUT2D eigenvalue weighted by Gasteiger charge is 2.23. The fourth-order valence-corrected chi connectivity index (χ4v) is 3.61. The highest BCUT2D eigenvalue weighted by molar-refractivity contribution is 7.87. The van der Waals surface area contributed by atoms with Crippen LogP contribution in [0.2, 0.25) is 0 Å². The first-order valence-electron chi connectivity index (χ1n) is 10.2. The minimum absolute atomic E-state index is 0.0118. The molecule has 0 saturated carbocycles. The summed E-state index contributed by atoms with van der Waals surface area (Å²) < 4.78 is 33.7. The number of rotatable bonds is 12. The summed E-state index contributed by atoms with van der Waals surface area (Å²) in [6.07, 6.45) is 5.37. The summed E-state index contributed by atoms with van der Waals surface area (Å²) in [6, 6.07) is 10.5. The van der Waals surface area contributed by atoms with Crippen LogP contribution in [0.1, 0.15) is 57.8 Å². The average molecular weight is 422 g/mol. The quantitative estimate of drug-likeness (QED) is 0.462. The van der Waals surface area contributed by atoms with Crippen LogP contribution in [0.25, 0.3) is 0 Å². The molecule has 2 aromatic rings. The lowest BCUT2D eigenvalue weighted by Gasteiger charge is -2.26. The monoisotopic (exact) mass is 421 g/mol. The minimum atomic E-state index is -3.56. The molecular formula is C22H31NO5S. The Kier molecular flexibility index (Phi) is 8.76. The molecule has 0 saturated heterocycles. The van der Waals surface area contributed by atoms with Crippen molar-refractivity contribution in [3.63, 3.8) is 0 Å². The summed E-state index contributed by atoms with van der Waals surface area (Å²) in [5, 5.41) is 0. The summed E-state index contributed by atoms with van der Waals surface area (Å²) >= 11 is 0. The number of hydrogen-bond acceptors (Lipinski definition) is 5. The molecule has 1 aromatic heterocycles. The largest absolute Gasteiger partial charge is 0.467 e. The second-order valence-corrected chi connectivity index (χ2v) is 8.95. The molecule has 29 heavy (non-hydrogen) atoms. The van der Waals surface area contributed by atoms with E-state index in [1.165, 1.54) is 6.92 Å². The van der Waals surface area contributed by atoms with E-state index in [1.54, 1.807) is 35.4 Å². The van der Waals surface area contributed by atoms with Crippen molar-refractivity contribution in [3.05, 3.63) is 54.0 Å². The molecule has 1 amide bonds. The maximum absolute atomic E-state index is 13.2. The lowest BCUT2D eigenvalue weighted by atomic mass is 9.97. The van der Waals surface area contributed by atoms with Crippen LogP contribution in [0.5, 0.6) is 5.75 Å². The second kappa shape index (κ2) is 11.0. The van der Waals surface area contributed by atoms with Gasteiger partial charge in [0.15, 0.2) is 0 Å². The van der Waals surface area contributed by atoms with E-state index in [9.17, 15) is 13.2 Å². The van der Waals surface area contributed by atoms with E-state index in [-0.39, 0.29) is 23.3 Å². The third-order valence-corrected chi connectivity index (χ3v) is 6.01. The van der Waals surface area contributed by atoms with E-state index in [0.717, 1.165) is 37.0 Å². The van der Waals surface area contributed by atoms with Gasteiger partial charge in [-0.25, -0.2) is 0 Å². The SMILES string of the molecule is CCCCC(CC)C(=O)N(Cc1ccc(OS(=O)(=O)CC)cc1)Cc1ccco1. The van der Waals surface area contributed by atoms with Gasteiger partial charge in [-0.05, 0) is 49.6 Å². The van der Waals surface area contributed by atoms with E-state index >= 15 is 0 Å². The highest BCUT2D eigenvalue weighted by Crippen LogP contribution is 2.21. The Hall–Kier alpha value is -2.28. The zero-order valence-corrected chi connectivity index (χ0v) is 18.3. The van der Waals surface area contributed by atoms with Gasteiger partial charge in [-0.3, -0.25) is 4.79 Å². The molecule has 0 N–H and O–H groups in total. The minimum Gasteiger partial charge on any atom is -0.467 e. The van der Waals surface area contributed by atoms with E-state index < -0.39 is 10.1 Å². The van der Waals surface area contributed by atoms with Crippen molar-refractivity contribution < 1.29 is 21.8 Å². The van der Waals surface area contributed by atoms with Gasteiger partial charge in [0.25, 0.3) is 0 Å². The smallest absolute Gasteiger partial charge is 0.308 e. The van der Waals surface area contributed by atoms with Gasteiger partial charge in [-0.15, -0.1) is 0 Å². The van der Waals surface area contributed by atoms with Crippen molar-refractivity contribution >= 4 is 16.0 Å². The Balaban J connectivity index is 2.15. The molecular weight excluding hydrogens is 390 g/mol. The summed E-state index contributed by atoms with van der Waals surface area (Å²) in [5.74, 6) is 1.02. The molecule has 160 valence electrons. The molecule has 0 aliphatic heterocycles. The van der Waals surface area contributed by atoms with Crippen LogP contribution in [0.15, 0.2) is 47.1 Å². The van der Waals surface area contributed by atoms with Crippen LogP contribution in [-0.4, -0.2) is 25.0 Å². The molecule has 0 bridgehead atoms. The van der Waals surface area contributed by atoms with Crippen molar-refractivity contribution in [2.24, 2.45) is 5.92 Å². The first kappa shape index (κ1) is 23.0. The predicted molar refractivity (Wildman–Crippen MR) is 113 cm³/mol. The molecule has 1 heterocycles. The number of unbranched alkanes of at least 4 members (excludes halogenated alkanes) is 1. The third-order valence-electron chi connectivity index (χ3n) is 4.86. The zero-order valence-electron chi connectivity index (χ0n) is 17.5. The molecule has 0 aliphatic rings. The van der Waals surface area contributed by atoms with Gasteiger partial charge >= 0.3 is 10.1 Å². The lowest BCUT2D eigenvalue weighted by Crippen LogP contribution is -2.35. The van der Waals surface area contributed by atoms with Crippen LogP contribution in [0.4, 0.5) is 0 Å². The van der Waals surface area contributed by atoms with Gasteiger partial charge in [0.1, 0.15) is 11.5 Å². The van der Waals surface area contributed by atoms with Crippen LogP contribution < -0.4 is 4.18 Å². The fourth-order valence-electron chi connectivity index (χ4n) is 3.09. The molecule has 0 spiro atoms. The molecule has 1 unspecified atom stereocenters. The average Bonchev–Trinajstić information content (AvgIpc) is 3.22. The van der Waals surface area contributed by atoms with Crippen LogP contribution in [-0.2, 0) is 28.0 Å². The number of amides is 1. The maximum atomic E-state index is 13.2. The Morgan fingerprint density at radius 2 is 1.83 bits per heavy atom. The predicted octanol–water partition coefficient (Wildman–Crippen LogP) is 4.75. The molecule has 0 radical (unpaired) electrons. The van der Waals surface area contributed by atoms with Gasteiger partial charge < -0.3 is 13.5 Å². The Labute approximate surface area is 174 Å². The first-order chi connectivity index (χ1) is 13.9. The van der Waals surface area contributed by atoms with E-state index in [1.807, 2.05) is 19.1 Å². The standard InChI is InChI=1S/C22H31NO5S/c1-4-7-9-19(5-2)22(24)23(17-21-10-8-15-27-21)16-18-11-13-20(14-12-18)28-29(25,26)6-3/h8,10-15,19H,4-7,9,16-17H2,1-3H3. The second-order valence-electron chi connectivity index (χ2n) is 7.09. The number of nitrogens with zero attached hydrogens (tertiary/aromatic N) is 1. The molecule has 0 aliphatic carbocycles. The fraction of sp³-hybridized carbons (Fsp3) is 0.500. The zero-order chi connectivity index (χ0) is 21.3. The molecule has 6 nitrogen and oxygen atoms in total. The normalized spacial score (nSPS) is 12.5. The summed E-state index contributed by atoms with van der Waals surface area (Å²) in [5.41, 5.74) is 0.900. The van der Waals surface area contributed by atoms with Crippen molar-refractivity contribution in [2.45, 2.75) is 59.5 Å². The number of hydrogen-bond donors (Lipinski definition) is 0. The van der Waals surface area contributed by atoms with Crippen LogP contribution in [0, 0.1) is 5.92 Å². The van der Waals surface area contributed by atoms with Crippen molar-refractivity contribution in [1.29, 1.82) is 0 Å². The van der Waals surface area contributed by atoms with Crippen LogP contribution >= 0.6 is 0 Å². The van der Waals surface area contributed by atoms with Crippen molar-refractivity contribution in [1.82, 2.24) is 4.90 Å². The number of furan rings is 1. The maximum Gasteiger partial charge on any atom is 0.308 e. The Morgan fingerprint density at radius 3 is 2.38 bits per heavy atom. The van der Waals surface area contributed by atoms with E-state index in [2.05, 4.69) is 6.92 Å². The molecule has 1 atom stereocenters. The third kappa shape index (κ3) is 7.24. The Morgan fingerprint density at radius 1 is 1.10 bits per heavy atom. The van der Waals surface area contributed by atoms with Gasteiger partial charge in [0.2, 0.25) is 5.91 Å². The summed E-state index contributed by atoms with van der Waals surface area (Å²) in [7, 11) is -3.56. The van der Waals surface area contributed by atoms with Gasteiger partial charge in [-0.2, -0.15) is 8.42 Å². The summed E-state index contributed by atoms with van der Waals surface area (Å²) in [4.78, 5) is 15.0. The molecule has 0 fully saturated rings. The number of carbonyl (C=O) groups is 1. The van der Waals surface area contributed by atoms with Gasteiger partial charge in [0, 0.05) is 12.5 Å². The first-order valence-corrected chi connectivity index (χ1v) is 11.8. The highest BCUT2D eigenvalue weighted by atomic mass is 32.2. The van der Waals surface area contributed by atoms with Gasteiger partial charge in [0.05, 0.1) is 18.6 Å². The van der Waals surface area contributed by atoms with Crippen molar-refractivity contribution in [2.75, 3.05) is 5.75 Å². The molecule has 7 heteroatoms. The molecule has 1 aromatic carbocycles. The number of benzene rings is 1. The van der Waals surface area contributed by atoms with E-state index in [4.69, 9.17) is 8.60 Å². The lowest BCUT2D eigenvalue weighted by molar-refractivity contribution is -0.137. The van der Waals surface area contributed by atoms with Crippen LogP contribution in [0.3, 0.4) is 0 Å². The summed E-state index contributed by atoms with van der Waals surface area (Å²) in [6.45, 7) is 6.52.